The molecule has 1 aliphatic carbocycles. The van der Waals surface area contributed by atoms with Gasteiger partial charge in [-0.05, 0) is 36.7 Å². The average Bonchev–Trinajstić information content (AvgIpc) is 2.70. The molecule has 1 fully saturated rings. The molecule has 1 aliphatic rings. The Morgan fingerprint density at radius 1 is 1.39 bits per heavy atom. The molecule has 0 aromatic carbocycles. The molecule has 0 bridgehead atoms. The lowest BCUT2D eigenvalue weighted by molar-refractivity contribution is 0.282. The molecule has 2 aromatic heterocycles. The number of nitrogens with zero attached hydrogens (tertiary/aromatic N) is 3. The zero-order valence-corrected chi connectivity index (χ0v) is 11.0. The van der Waals surface area contributed by atoms with Crippen LogP contribution in [0.25, 0.3) is 11.5 Å². The van der Waals surface area contributed by atoms with Gasteiger partial charge in [0.15, 0.2) is 10.6 Å². The summed E-state index contributed by atoms with van der Waals surface area (Å²) in [5, 5.41) is 7.16. The molecular formula is C13H16N4S. The van der Waals surface area contributed by atoms with E-state index >= 15 is 0 Å². The van der Waals surface area contributed by atoms with E-state index in [4.69, 9.17) is 12.2 Å². The summed E-state index contributed by atoms with van der Waals surface area (Å²) in [5.41, 5.74) is 0.874. The Bertz CT molecular complexity index is 568. The van der Waals surface area contributed by atoms with Gasteiger partial charge in [-0.2, -0.15) is 5.10 Å². The predicted molar refractivity (Wildman–Crippen MR) is 72.6 cm³/mol. The number of aromatic nitrogens is 4. The van der Waals surface area contributed by atoms with Gasteiger partial charge in [-0.1, -0.05) is 25.3 Å². The first-order chi connectivity index (χ1) is 8.84. The molecule has 0 radical (unpaired) electrons. The van der Waals surface area contributed by atoms with Crippen molar-refractivity contribution in [2.45, 2.75) is 32.2 Å². The molecule has 0 spiro atoms. The predicted octanol–water partition coefficient (Wildman–Crippen LogP) is 3.19. The first-order valence-electron chi connectivity index (χ1n) is 6.41. The minimum absolute atomic E-state index is 0.690. The summed E-state index contributed by atoms with van der Waals surface area (Å²) in [4.78, 5) is 4.33. The van der Waals surface area contributed by atoms with Crippen molar-refractivity contribution < 1.29 is 0 Å². The quantitative estimate of drug-likeness (QED) is 0.859. The van der Waals surface area contributed by atoms with Crippen LogP contribution in [0.5, 0.6) is 0 Å². The van der Waals surface area contributed by atoms with Crippen molar-refractivity contribution in [1.82, 2.24) is 19.7 Å². The fraction of sp³-hybridized carbons (Fsp3) is 0.462. The largest absolute Gasteiger partial charge is 0.299 e. The van der Waals surface area contributed by atoms with Crippen molar-refractivity contribution in [2.24, 2.45) is 5.92 Å². The van der Waals surface area contributed by atoms with Crippen LogP contribution in [-0.4, -0.2) is 19.7 Å². The Kier molecular flexibility index (Phi) is 3.23. The second kappa shape index (κ2) is 5.02. The lowest BCUT2D eigenvalue weighted by Gasteiger charge is -2.25. The zero-order chi connectivity index (χ0) is 12.4. The van der Waals surface area contributed by atoms with E-state index in [9.17, 15) is 0 Å². The van der Waals surface area contributed by atoms with Crippen molar-refractivity contribution >= 4 is 12.2 Å². The highest BCUT2D eigenvalue weighted by Gasteiger charge is 2.18. The molecule has 0 amide bonds. The van der Waals surface area contributed by atoms with Crippen LogP contribution in [0, 0.1) is 10.7 Å². The number of hydrogen-bond acceptors (Lipinski definition) is 3. The molecule has 1 saturated carbocycles. The summed E-state index contributed by atoms with van der Waals surface area (Å²) in [6, 6.07) is 5.84. The molecule has 2 aromatic rings. The van der Waals surface area contributed by atoms with Crippen LogP contribution in [0.15, 0.2) is 24.4 Å². The Balaban J connectivity index is 1.84. The SMILES string of the molecule is S=c1[nH]nc(-c2ccccn2)n1CCC1CCC1. The maximum atomic E-state index is 5.30. The van der Waals surface area contributed by atoms with Crippen LogP contribution < -0.4 is 0 Å². The summed E-state index contributed by atoms with van der Waals surface area (Å²) in [6.45, 7) is 0.936. The van der Waals surface area contributed by atoms with Crippen LogP contribution in [0.1, 0.15) is 25.7 Å². The second-order valence-corrected chi connectivity index (χ2v) is 5.19. The highest BCUT2D eigenvalue weighted by molar-refractivity contribution is 7.71. The molecule has 3 rings (SSSR count). The van der Waals surface area contributed by atoms with Gasteiger partial charge in [-0.25, -0.2) is 0 Å². The zero-order valence-electron chi connectivity index (χ0n) is 10.2. The third kappa shape index (κ3) is 2.22. The van der Waals surface area contributed by atoms with E-state index < -0.39 is 0 Å². The van der Waals surface area contributed by atoms with Gasteiger partial charge in [-0.3, -0.25) is 14.6 Å². The average molecular weight is 260 g/mol. The molecule has 0 aliphatic heterocycles. The van der Waals surface area contributed by atoms with E-state index in [0.717, 1.165) is 24.0 Å². The molecule has 2 heterocycles. The Morgan fingerprint density at radius 2 is 2.28 bits per heavy atom. The summed E-state index contributed by atoms with van der Waals surface area (Å²) in [6.07, 6.45) is 7.08. The standard InChI is InChI=1S/C13H16N4S/c18-13-16-15-12(11-6-1-2-8-14-11)17(13)9-7-10-4-3-5-10/h1-2,6,8,10H,3-5,7,9H2,(H,16,18). The van der Waals surface area contributed by atoms with E-state index in [2.05, 4.69) is 19.7 Å². The number of aromatic amines is 1. The Hall–Kier alpha value is -1.49. The van der Waals surface area contributed by atoms with Gasteiger partial charge < -0.3 is 0 Å². The lowest BCUT2D eigenvalue weighted by atomic mass is 9.83. The monoisotopic (exact) mass is 260 g/mol. The molecule has 5 heteroatoms. The van der Waals surface area contributed by atoms with E-state index in [1.54, 1.807) is 6.20 Å². The smallest absolute Gasteiger partial charge is 0.195 e. The van der Waals surface area contributed by atoms with Gasteiger partial charge in [0, 0.05) is 12.7 Å². The maximum absolute atomic E-state index is 5.30. The molecule has 0 saturated heterocycles. The summed E-state index contributed by atoms with van der Waals surface area (Å²) in [5.74, 6) is 1.72. The minimum Gasteiger partial charge on any atom is -0.299 e. The molecular weight excluding hydrogens is 244 g/mol. The first-order valence-corrected chi connectivity index (χ1v) is 6.82. The van der Waals surface area contributed by atoms with E-state index in [-0.39, 0.29) is 0 Å². The number of hydrogen-bond donors (Lipinski definition) is 1. The highest BCUT2D eigenvalue weighted by Crippen LogP contribution is 2.30. The van der Waals surface area contributed by atoms with Gasteiger partial charge in [0.1, 0.15) is 5.69 Å². The molecule has 18 heavy (non-hydrogen) atoms. The number of pyridine rings is 1. The van der Waals surface area contributed by atoms with E-state index in [1.807, 2.05) is 18.2 Å². The third-order valence-electron chi connectivity index (χ3n) is 3.64. The van der Waals surface area contributed by atoms with Crippen molar-refractivity contribution in [3.63, 3.8) is 0 Å². The lowest BCUT2D eigenvalue weighted by Crippen LogP contribution is -2.14. The first kappa shape index (κ1) is 11.6. The van der Waals surface area contributed by atoms with Crippen LogP contribution in [0.4, 0.5) is 0 Å². The summed E-state index contributed by atoms with van der Waals surface area (Å²) in [7, 11) is 0. The summed E-state index contributed by atoms with van der Waals surface area (Å²) >= 11 is 5.30. The van der Waals surface area contributed by atoms with Crippen molar-refractivity contribution in [1.29, 1.82) is 0 Å². The van der Waals surface area contributed by atoms with Crippen LogP contribution in [0.2, 0.25) is 0 Å². The van der Waals surface area contributed by atoms with E-state index in [0.29, 0.717) is 4.77 Å². The molecule has 0 unspecified atom stereocenters. The highest BCUT2D eigenvalue weighted by atomic mass is 32.1. The minimum atomic E-state index is 0.690. The topological polar surface area (TPSA) is 46.5 Å². The number of rotatable bonds is 4. The van der Waals surface area contributed by atoms with Crippen LogP contribution in [0.3, 0.4) is 0 Å². The maximum Gasteiger partial charge on any atom is 0.195 e. The van der Waals surface area contributed by atoms with Gasteiger partial charge >= 0.3 is 0 Å². The summed E-state index contributed by atoms with van der Waals surface area (Å²) < 4.78 is 2.76. The molecule has 4 nitrogen and oxygen atoms in total. The van der Waals surface area contributed by atoms with Crippen molar-refractivity contribution in [2.75, 3.05) is 0 Å². The van der Waals surface area contributed by atoms with Gasteiger partial charge in [0.05, 0.1) is 0 Å². The fourth-order valence-electron chi connectivity index (χ4n) is 2.31. The van der Waals surface area contributed by atoms with Gasteiger partial charge in [0.2, 0.25) is 0 Å². The van der Waals surface area contributed by atoms with Crippen molar-refractivity contribution in [3.8, 4) is 11.5 Å². The fourth-order valence-corrected chi connectivity index (χ4v) is 2.53. The van der Waals surface area contributed by atoms with Crippen LogP contribution >= 0.6 is 12.2 Å². The number of H-pyrrole nitrogens is 1. The van der Waals surface area contributed by atoms with Gasteiger partial charge in [0.25, 0.3) is 0 Å². The Morgan fingerprint density at radius 3 is 2.94 bits per heavy atom. The van der Waals surface area contributed by atoms with Crippen molar-refractivity contribution in [3.05, 3.63) is 29.2 Å². The molecule has 0 atom stereocenters. The Labute approximate surface area is 111 Å². The molecule has 94 valence electrons. The second-order valence-electron chi connectivity index (χ2n) is 4.80. The van der Waals surface area contributed by atoms with Crippen LogP contribution in [-0.2, 0) is 6.54 Å². The number of nitrogens with one attached hydrogen (secondary N) is 1. The van der Waals surface area contributed by atoms with Gasteiger partial charge in [-0.15, -0.1) is 0 Å². The third-order valence-corrected chi connectivity index (χ3v) is 3.95. The molecule has 1 N–H and O–H groups in total. The normalized spacial score (nSPS) is 15.6. The van der Waals surface area contributed by atoms with E-state index in [1.165, 1.54) is 25.7 Å².